The number of halogens is 1. The molecular weight excluding hydrogens is 352 g/mol. The highest BCUT2D eigenvalue weighted by Crippen LogP contribution is 2.19. The van der Waals surface area contributed by atoms with Crippen LogP contribution in [-0.2, 0) is 0 Å². The van der Waals surface area contributed by atoms with E-state index in [4.69, 9.17) is 11.6 Å². The van der Waals surface area contributed by atoms with E-state index in [0.717, 1.165) is 49.9 Å². The molecule has 1 aliphatic heterocycles. The fourth-order valence-electron chi connectivity index (χ4n) is 2.89. The first-order valence-electron chi connectivity index (χ1n) is 8.67. The predicted octanol–water partition coefficient (Wildman–Crippen LogP) is 2.38. The number of piperazine rings is 1. The third-order valence-corrected chi connectivity index (χ3v) is 4.59. The maximum absolute atomic E-state index is 12.0. The van der Waals surface area contributed by atoms with E-state index in [9.17, 15) is 4.79 Å². The van der Waals surface area contributed by atoms with Gasteiger partial charge in [0, 0.05) is 62.4 Å². The maximum Gasteiger partial charge on any atom is 0.319 e. The first-order chi connectivity index (χ1) is 12.6. The van der Waals surface area contributed by atoms with Crippen molar-refractivity contribution in [2.75, 3.05) is 49.5 Å². The molecule has 138 valence electrons. The second kappa shape index (κ2) is 8.82. The van der Waals surface area contributed by atoms with Crippen molar-refractivity contribution >= 4 is 29.3 Å². The number of urea groups is 1. The van der Waals surface area contributed by atoms with Gasteiger partial charge in [-0.2, -0.15) is 0 Å². The highest BCUT2D eigenvalue weighted by atomic mass is 35.5. The summed E-state index contributed by atoms with van der Waals surface area (Å²) in [5, 5.41) is 6.41. The molecule has 0 spiro atoms. The molecule has 2 aromatic rings. The van der Waals surface area contributed by atoms with Crippen LogP contribution in [0.15, 0.2) is 36.7 Å². The molecule has 1 fully saturated rings. The summed E-state index contributed by atoms with van der Waals surface area (Å²) < 4.78 is 0. The average molecular weight is 375 g/mol. The third kappa shape index (κ3) is 5.06. The Hall–Kier alpha value is -2.38. The zero-order valence-corrected chi connectivity index (χ0v) is 15.5. The molecular formula is C18H23ClN6O. The van der Waals surface area contributed by atoms with Crippen LogP contribution in [0.2, 0.25) is 5.02 Å². The lowest BCUT2D eigenvalue weighted by molar-refractivity contribution is 0.240. The summed E-state index contributed by atoms with van der Waals surface area (Å²) in [4.78, 5) is 25.1. The van der Waals surface area contributed by atoms with Gasteiger partial charge < -0.3 is 15.5 Å². The number of amides is 2. The lowest BCUT2D eigenvalue weighted by atomic mass is 10.2. The van der Waals surface area contributed by atoms with E-state index < -0.39 is 0 Å². The molecule has 26 heavy (non-hydrogen) atoms. The van der Waals surface area contributed by atoms with Crippen LogP contribution in [0.1, 0.15) is 5.56 Å². The van der Waals surface area contributed by atoms with Crippen molar-refractivity contribution in [2.45, 2.75) is 6.92 Å². The summed E-state index contributed by atoms with van der Waals surface area (Å²) in [6.45, 7) is 6.96. The van der Waals surface area contributed by atoms with Gasteiger partial charge in [-0.25, -0.2) is 14.8 Å². The van der Waals surface area contributed by atoms with Gasteiger partial charge in [-0.15, -0.1) is 0 Å². The number of anilines is 2. The molecule has 0 aliphatic carbocycles. The third-order valence-electron chi connectivity index (χ3n) is 4.36. The Morgan fingerprint density at radius 3 is 2.62 bits per heavy atom. The summed E-state index contributed by atoms with van der Waals surface area (Å²) >= 11 is 5.93. The van der Waals surface area contributed by atoms with Crippen LogP contribution in [0, 0.1) is 6.92 Å². The Bertz CT molecular complexity index is 734. The van der Waals surface area contributed by atoms with Crippen LogP contribution in [0.4, 0.5) is 16.4 Å². The van der Waals surface area contributed by atoms with Gasteiger partial charge >= 0.3 is 6.03 Å². The average Bonchev–Trinajstić information content (AvgIpc) is 2.65. The van der Waals surface area contributed by atoms with E-state index in [2.05, 4.69) is 30.4 Å². The van der Waals surface area contributed by atoms with E-state index in [1.165, 1.54) is 0 Å². The van der Waals surface area contributed by atoms with Gasteiger partial charge in [0.25, 0.3) is 0 Å². The number of rotatable bonds is 5. The number of carbonyl (C=O) groups excluding carboxylic acids is 1. The molecule has 8 heteroatoms. The SMILES string of the molecule is Cc1cc(Cl)ccc1NC(=O)NCCN1CCN(c2ncccn2)CC1. The Morgan fingerprint density at radius 2 is 1.92 bits per heavy atom. The van der Waals surface area contributed by atoms with Crippen molar-refractivity contribution < 1.29 is 4.79 Å². The summed E-state index contributed by atoms with van der Waals surface area (Å²) in [5.74, 6) is 0.781. The van der Waals surface area contributed by atoms with Crippen molar-refractivity contribution in [3.8, 4) is 0 Å². The van der Waals surface area contributed by atoms with Crippen molar-refractivity contribution in [1.29, 1.82) is 0 Å². The van der Waals surface area contributed by atoms with E-state index in [1.807, 2.05) is 25.1 Å². The lowest BCUT2D eigenvalue weighted by Crippen LogP contribution is -2.49. The second-order valence-corrected chi connectivity index (χ2v) is 6.65. The normalized spacial score (nSPS) is 14.9. The molecule has 3 rings (SSSR count). The zero-order chi connectivity index (χ0) is 18.4. The highest BCUT2D eigenvalue weighted by molar-refractivity contribution is 6.30. The Kier molecular flexibility index (Phi) is 6.25. The summed E-state index contributed by atoms with van der Waals surface area (Å²) in [5.41, 5.74) is 1.70. The van der Waals surface area contributed by atoms with Crippen LogP contribution >= 0.6 is 11.6 Å². The summed E-state index contributed by atoms with van der Waals surface area (Å²) in [6.07, 6.45) is 3.53. The van der Waals surface area contributed by atoms with E-state index in [-0.39, 0.29) is 6.03 Å². The molecule has 2 N–H and O–H groups in total. The van der Waals surface area contributed by atoms with Crippen LogP contribution in [0.3, 0.4) is 0 Å². The van der Waals surface area contributed by atoms with Crippen molar-refractivity contribution in [3.05, 3.63) is 47.2 Å². The molecule has 1 aromatic carbocycles. The topological polar surface area (TPSA) is 73.4 Å². The van der Waals surface area contributed by atoms with Gasteiger partial charge in [0.1, 0.15) is 0 Å². The number of aromatic nitrogens is 2. The standard InChI is InChI=1S/C18H23ClN6O/c1-14-13-15(19)3-4-16(14)23-18(26)22-7-8-24-9-11-25(12-10-24)17-20-5-2-6-21-17/h2-6,13H,7-12H2,1H3,(H2,22,23,26). The molecule has 1 aromatic heterocycles. The number of hydrogen-bond donors (Lipinski definition) is 2. The fourth-order valence-corrected chi connectivity index (χ4v) is 3.11. The first-order valence-corrected chi connectivity index (χ1v) is 9.05. The maximum atomic E-state index is 12.0. The van der Waals surface area contributed by atoms with Crippen molar-refractivity contribution in [2.24, 2.45) is 0 Å². The quantitative estimate of drug-likeness (QED) is 0.840. The Labute approximate surface area is 158 Å². The van der Waals surface area contributed by atoms with Crippen LogP contribution < -0.4 is 15.5 Å². The molecule has 2 amide bonds. The minimum atomic E-state index is -0.202. The fraction of sp³-hybridized carbons (Fsp3) is 0.389. The molecule has 7 nitrogen and oxygen atoms in total. The number of nitrogens with one attached hydrogen (secondary N) is 2. The van der Waals surface area contributed by atoms with Gasteiger partial charge in [0.05, 0.1) is 0 Å². The number of benzene rings is 1. The Balaban J connectivity index is 1.37. The predicted molar refractivity (Wildman–Crippen MR) is 104 cm³/mol. The molecule has 1 aliphatic rings. The number of nitrogens with zero attached hydrogens (tertiary/aromatic N) is 4. The number of carbonyl (C=O) groups is 1. The molecule has 0 bridgehead atoms. The van der Waals surface area contributed by atoms with Gasteiger partial charge in [0.15, 0.2) is 0 Å². The molecule has 0 unspecified atom stereocenters. The van der Waals surface area contributed by atoms with E-state index in [1.54, 1.807) is 18.5 Å². The molecule has 1 saturated heterocycles. The lowest BCUT2D eigenvalue weighted by Gasteiger charge is -2.34. The van der Waals surface area contributed by atoms with Gasteiger partial charge in [-0.05, 0) is 36.8 Å². The molecule has 0 saturated carbocycles. The van der Waals surface area contributed by atoms with E-state index in [0.29, 0.717) is 11.6 Å². The number of hydrogen-bond acceptors (Lipinski definition) is 5. The number of aryl methyl sites for hydroxylation is 1. The summed E-state index contributed by atoms with van der Waals surface area (Å²) in [7, 11) is 0. The van der Waals surface area contributed by atoms with E-state index >= 15 is 0 Å². The first kappa shape index (κ1) is 18.4. The van der Waals surface area contributed by atoms with Gasteiger partial charge in [-0.1, -0.05) is 11.6 Å². The minimum absolute atomic E-state index is 0.202. The second-order valence-electron chi connectivity index (χ2n) is 6.22. The zero-order valence-electron chi connectivity index (χ0n) is 14.8. The van der Waals surface area contributed by atoms with Crippen LogP contribution in [-0.4, -0.2) is 60.2 Å². The smallest absolute Gasteiger partial charge is 0.319 e. The molecule has 2 heterocycles. The molecule has 0 radical (unpaired) electrons. The Morgan fingerprint density at radius 1 is 1.19 bits per heavy atom. The minimum Gasteiger partial charge on any atom is -0.338 e. The van der Waals surface area contributed by atoms with Crippen LogP contribution in [0.5, 0.6) is 0 Å². The van der Waals surface area contributed by atoms with Crippen LogP contribution in [0.25, 0.3) is 0 Å². The van der Waals surface area contributed by atoms with Gasteiger partial charge in [0.2, 0.25) is 5.95 Å². The van der Waals surface area contributed by atoms with Crippen molar-refractivity contribution in [3.63, 3.8) is 0 Å². The molecule has 0 atom stereocenters. The monoisotopic (exact) mass is 374 g/mol. The van der Waals surface area contributed by atoms with Gasteiger partial charge in [-0.3, -0.25) is 4.90 Å². The van der Waals surface area contributed by atoms with Crippen molar-refractivity contribution in [1.82, 2.24) is 20.2 Å². The summed E-state index contributed by atoms with van der Waals surface area (Å²) in [6, 6.07) is 7.02. The largest absolute Gasteiger partial charge is 0.338 e. The highest BCUT2D eigenvalue weighted by Gasteiger charge is 2.18.